The largest absolute Gasteiger partial charge is 0.352 e. The Morgan fingerprint density at radius 1 is 0.939 bits per heavy atom. The van der Waals surface area contributed by atoms with Gasteiger partial charge in [-0.25, -0.2) is 0 Å². The number of nitrogens with one attached hydrogen (secondary N) is 2. The van der Waals surface area contributed by atoms with Crippen molar-refractivity contribution < 1.29 is 4.79 Å². The molecule has 0 bridgehead atoms. The van der Waals surface area contributed by atoms with Crippen molar-refractivity contribution in [1.82, 2.24) is 15.6 Å². The molecule has 1 aliphatic heterocycles. The monoisotopic (exact) mass is 435 g/mol. The summed E-state index contributed by atoms with van der Waals surface area (Å²) in [5.41, 5.74) is 5.54. The highest BCUT2D eigenvalue weighted by molar-refractivity contribution is 5.94. The van der Waals surface area contributed by atoms with Gasteiger partial charge in [0.15, 0.2) is 0 Å². The summed E-state index contributed by atoms with van der Waals surface area (Å²) in [4.78, 5) is 16.8. The van der Waals surface area contributed by atoms with Crippen molar-refractivity contribution >= 4 is 16.7 Å². The van der Waals surface area contributed by atoms with E-state index in [2.05, 4.69) is 52.0 Å². The standard InChI is InChI=1S/C29H29N3O/c33-29(23-14-12-22(13-15-23)28-10-4-6-17-30-28)31-18-5-3-8-25-19-27-24(20-32-25)16-11-21-7-1-2-9-26(21)27/h1-2,4,6-7,9-17,25,32H,3,5,8,18-20H2,(H,31,33). The third-order valence-corrected chi connectivity index (χ3v) is 6.54. The van der Waals surface area contributed by atoms with E-state index in [9.17, 15) is 4.79 Å². The number of carbonyl (C=O) groups excluding carboxylic acids is 1. The van der Waals surface area contributed by atoms with E-state index in [1.165, 1.54) is 21.9 Å². The van der Waals surface area contributed by atoms with Crippen LogP contribution in [0.2, 0.25) is 0 Å². The summed E-state index contributed by atoms with van der Waals surface area (Å²) in [5.74, 6) is -0.0150. The summed E-state index contributed by atoms with van der Waals surface area (Å²) in [6, 6.07) is 27.1. The van der Waals surface area contributed by atoms with E-state index in [1.54, 1.807) is 6.20 Å². The Balaban J connectivity index is 1.08. The molecule has 0 spiro atoms. The molecule has 1 atom stereocenters. The molecular weight excluding hydrogens is 406 g/mol. The molecule has 0 aliphatic carbocycles. The second-order valence-electron chi connectivity index (χ2n) is 8.75. The van der Waals surface area contributed by atoms with Crippen molar-refractivity contribution in [3.8, 4) is 11.3 Å². The Hall–Kier alpha value is -3.50. The van der Waals surface area contributed by atoms with Crippen LogP contribution >= 0.6 is 0 Å². The van der Waals surface area contributed by atoms with Crippen LogP contribution in [-0.2, 0) is 13.0 Å². The molecule has 166 valence electrons. The predicted molar refractivity (Wildman–Crippen MR) is 134 cm³/mol. The summed E-state index contributed by atoms with van der Waals surface area (Å²) in [7, 11) is 0. The van der Waals surface area contributed by atoms with Gasteiger partial charge in [0.2, 0.25) is 0 Å². The summed E-state index contributed by atoms with van der Waals surface area (Å²) < 4.78 is 0. The lowest BCUT2D eigenvalue weighted by Gasteiger charge is -2.27. The highest BCUT2D eigenvalue weighted by Crippen LogP contribution is 2.27. The van der Waals surface area contributed by atoms with Gasteiger partial charge in [-0.1, -0.05) is 61.0 Å². The van der Waals surface area contributed by atoms with Crippen LogP contribution in [0.5, 0.6) is 0 Å². The number of benzene rings is 3. The molecule has 2 heterocycles. The van der Waals surface area contributed by atoms with Crippen LogP contribution in [0.25, 0.3) is 22.0 Å². The SMILES string of the molecule is O=C(NCCCCC1Cc2c(ccc3ccccc23)CN1)c1ccc(-c2ccccn2)cc1. The van der Waals surface area contributed by atoms with Gasteiger partial charge in [-0.15, -0.1) is 0 Å². The van der Waals surface area contributed by atoms with Crippen LogP contribution in [0.4, 0.5) is 0 Å². The number of nitrogens with zero attached hydrogens (tertiary/aromatic N) is 1. The quantitative estimate of drug-likeness (QED) is 0.376. The number of hydrogen-bond acceptors (Lipinski definition) is 3. The maximum Gasteiger partial charge on any atom is 0.251 e. The molecule has 0 radical (unpaired) electrons. The normalized spacial score (nSPS) is 15.2. The first kappa shape index (κ1) is 21.4. The lowest BCUT2D eigenvalue weighted by Crippen LogP contribution is -2.35. The van der Waals surface area contributed by atoms with E-state index in [0.29, 0.717) is 18.2 Å². The van der Waals surface area contributed by atoms with Gasteiger partial charge in [0, 0.05) is 36.5 Å². The average Bonchev–Trinajstić information content (AvgIpc) is 2.89. The Kier molecular flexibility index (Phi) is 6.45. The highest BCUT2D eigenvalue weighted by atomic mass is 16.1. The number of carbonyl (C=O) groups is 1. The molecule has 5 rings (SSSR count). The molecule has 0 fully saturated rings. The van der Waals surface area contributed by atoms with Gasteiger partial charge in [-0.2, -0.15) is 0 Å². The third-order valence-electron chi connectivity index (χ3n) is 6.54. The minimum atomic E-state index is -0.0150. The van der Waals surface area contributed by atoms with Crippen molar-refractivity contribution in [2.45, 2.75) is 38.3 Å². The minimum Gasteiger partial charge on any atom is -0.352 e. The van der Waals surface area contributed by atoms with E-state index in [-0.39, 0.29) is 5.91 Å². The number of fused-ring (bicyclic) bond motifs is 3. The van der Waals surface area contributed by atoms with Crippen molar-refractivity contribution in [2.75, 3.05) is 6.54 Å². The molecule has 1 amide bonds. The molecule has 4 nitrogen and oxygen atoms in total. The maximum absolute atomic E-state index is 12.5. The van der Waals surface area contributed by atoms with E-state index >= 15 is 0 Å². The molecule has 1 aliphatic rings. The Morgan fingerprint density at radius 3 is 2.64 bits per heavy atom. The number of rotatable bonds is 7. The van der Waals surface area contributed by atoms with Crippen LogP contribution in [0.3, 0.4) is 0 Å². The van der Waals surface area contributed by atoms with Gasteiger partial charge in [0.25, 0.3) is 5.91 Å². The first-order chi connectivity index (χ1) is 16.3. The molecule has 1 unspecified atom stereocenters. The van der Waals surface area contributed by atoms with E-state index in [4.69, 9.17) is 0 Å². The highest BCUT2D eigenvalue weighted by Gasteiger charge is 2.19. The molecule has 4 aromatic rings. The number of aromatic nitrogens is 1. The van der Waals surface area contributed by atoms with Crippen molar-refractivity contribution in [3.63, 3.8) is 0 Å². The number of pyridine rings is 1. The van der Waals surface area contributed by atoms with Crippen molar-refractivity contribution in [2.24, 2.45) is 0 Å². The second kappa shape index (κ2) is 9.97. The van der Waals surface area contributed by atoms with Gasteiger partial charge in [-0.3, -0.25) is 9.78 Å². The lowest BCUT2D eigenvalue weighted by atomic mass is 9.89. The summed E-state index contributed by atoms with van der Waals surface area (Å²) >= 11 is 0. The molecule has 3 aromatic carbocycles. The topological polar surface area (TPSA) is 54.0 Å². The lowest BCUT2D eigenvalue weighted by molar-refractivity contribution is 0.0953. The fourth-order valence-electron chi connectivity index (χ4n) is 4.71. The number of unbranched alkanes of at least 4 members (excludes halogenated alkanes) is 1. The smallest absolute Gasteiger partial charge is 0.251 e. The second-order valence-corrected chi connectivity index (χ2v) is 8.75. The van der Waals surface area contributed by atoms with Gasteiger partial charge in [0.1, 0.15) is 0 Å². The molecule has 4 heteroatoms. The summed E-state index contributed by atoms with van der Waals surface area (Å²) in [6.07, 6.45) is 6.05. The van der Waals surface area contributed by atoms with E-state index < -0.39 is 0 Å². The first-order valence-electron chi connectivity index (χ1n) is 11.8. The predicted octanol–water partition coefficient (Wildman–Crippen LogP) is 5.52. The maximum atomic E-state index is 12.5. The Labute approximate surface area is 195 Å². The van der Waals surface area contributed by atoms with Crippen LogP contribution in [-0.4, -0.2) is 23.5 Å². The fourth-order valence-corrected chi connectivity index (χ4v) is 4.71. The van der Waals surface area contributed by atoms with Crippen LogP contribution in [0.15, 0.2) is 85.1 Å². The van der Waals surface area contributed by atoms with Gasteiger partial charge in [0.05, 0.1) is 5.69 Å². The molecule has 0 saturated carbocycles. The third kappa shape index (κ3) is 4.96. The molecule has 2 N–H and O–H groups in total. The number of amides is 1. The summed E-state index contributed by atoms with van der Waals surface area (Å²) in [6.45, 7) is 1.64. The molecule has 0 saturated heterocycles. The van der Waals surface area contributed by atoms with Gasteiger partial charge in [-0.05, 0) is 65.4 Å². The van der Waals surface area contributed by atoms with E-state index in [0.717, 1.165) is 43.5 Å². The van der Waals surface area contributed by atoms with E-state index in [1.807, 2.05) is 42.5 Å². The summed E-state index contributed by atoms with van der Waals surface area (Å²) in [5, 5.41) is 9.47. The zero-order valence-electron chi connectivity index (χ0n) is 18.8. The molecular formula is C29H29N3O. The number of hydrogen-bond donors (Lipinski definition) is 2. The zero-order chi connectivity index (χ0) is 22.5. The van der Waals surface area contributed by atoms with Crippen LogP contribution < -0.4 is 10.6 Å². The van der Waals surface area contributed by atoms with Crippen LogP contribution in [0, 0.1) is 0 Å². The van der Waals surface area contributed by atoms with Gasteiger partial charge < -0.3 is 10.6 Å². The fraction of sp³-hybridized carbons (Fsp3) is 0.241. The molecule has 33 heavy (non-hydrogen) atoms. The zero-order valence-corrected chi connectivity index (χ0v) is 18.8. The first-order valence-corrected chi connectivity index (χ1v) is 11.8. The average molecular weight is 436 g/mol. The Bertz CT molecular complexity index is 1230. The van der Waals surface area contributed by atoms with Crippen molar-refractivity contribution in [1.29, 1.82) is 0 Å². The minimum absolute atomic E-state index is 0.0150. The van der Waals surface area contributed by atoms with Crippen molar-refractivity contribution in [3.05, 3.63) is 102 Å². The molecule has 1 aromatic heterocycles. The van der Waals surface area contributed by atoms with Crippen LogP contribution in [0.1, 0.15) is 40.7 Å². The van der Waals surface area contributed by atoms with Gasteiger partial charge >= 0.3 is 0 Å². The Morgan fingerprint density at radius 2 is 1.79 bits per heavy atom.